The van der Waals surface area contributed by atoms with Crippen LogP contribution in [0.5, 0.6) is 0 Å². The number of amides is 1. The zero-order valence-corrected chi connectivity index (χ0v) is 15.1. The summed E-state index contributed by atoms with van der Waals surface area (Å²) in [6.07, 6.45) is 0.439. The van der Waals surface area contributed by atoms with Crippen molar-refractivity contribution < 1.29 is 24.2 Å². The van der Waals surface area contributed by atoms with Crippen LogP contribution in [0.2, 0.25) is 0 Å². The van der Waals surface area contributed by atoms with Gasteiger partial charge in [0.05, 0.1) is 11.6 Å². The number of carboxylic acid groups (broad SMARTS) is 1. The van der Waals surface area contributed by atoms with E-state index in [2.05, 4.69) is 10.4 Å². The summed E-state index contributed by atoms with van der Waals surface area (Å²) >= 11 is 0. The summed E-state index contributed by atoms with van der Waals surface area (Å²) in [7, 11) is -3.68. The number of carbonyl (C=O) groups is 2. The lowest BCUT2D eigenvalue weighted by Gasteiger charge is -2.19. The minimum Gasteiger partial charge on any atom is -0.478 e. The summed E-state index contributed by atoms with van der Waals surface area (Å²) in [5.41, 5.74) is 1.46. The van der Waals surface area contributed by atoms with Gasteiger partial charge in [0.2, 0.25) is 5.91 Å². The van der Waals surface area contributed by atoms with Crippen molar-refractivity contribution in [1.82, 2.24) is 5.09 Å². The first-order valence-electron chi connectivity index (χ1n) is 8.04. The molecule has 4 N–H and O–H groups in total. The van der Waals surface area contributed by atoms with Gasteiger partial charge in [0.1, 0.15) is 0 Å². The normalized spacial score (nSPS) is 14.2. The van der Waals surface area contributed by atoms with Crippen LogP contribution in [0.3, 0.4) is 0 Å². The third kappa shape index (κ3) is 6.11. The lowest BCUT2D eigenvalue weighted by atomic mass is 10.2. The predicted octanol–water partition coefficient (Wildman–Crippen LogP) is 2.73. The highest BCUT2D eigenvalue weighted by atomic mass is 31.2. The lowest BCUT2D eigenvalue weighted by Crippen LogP contribution is -2.36. The molecule has 26 heavy (non-hydrogen) atoms. The van der Waals surface area contributed by atoms with Crippen molar-refractivity contribution in [2.75, 3.05) is 11.5 Å². The van der Waals surface area contributed by atoms with E-state index in [1.165, 1.54) is 31.2 Å². The monoisotopic (exact) mass is 376 g/mol. The minimum atomic E-state index is -3.68. The van der Waals surface area contributed by atoms with Crippen LogP contribution in [-0.2, 0) is 15.8 Å². The van der Waals surface area contributed by atoms with E-state index in [1.54, 1.807) is 0 Å². The van der Waals surface area contributed by atoms with E-state index >= 15 is 0 Å². The van der Waals surface area contributed by atoms with Crippen LogP contribution in [-0.4, -0.2) is 34.1 Å². The Bertz CT molecular complexity index is 808. The number of hydrogen-bond donors (Lipinski definition) is 4. The largest absolute Gasteiger partial charge is 0.478 e. The minimum absolute atomic E-state index is 0.0158. The second-order valence-electron chi connectivity index (χ2n) is 5.88. The average Bonchev–Trinajstić information content (AvgIpc) is 2.61. The van der Waals surface area contributed by atoms with Crippen LogP contribution in [0, 0.1) is 0 Å². The summed E-state index contributed by atoms with van der Waals surface area (Å²) in [5, 5.41) is 13.9. The van der Waals surface area contributed by atoms with Crippen molar-refractivity contribution in [2.24, 2.45) is 0 Å². The Morgan fingerprint density at radius 2 is 1.69 bits per heavy atom. The van der Waals surface area contributed by atoms with Gasteiger partial charge < -0.3 is 15.3 Å². The molecular formula is C18H21N2O5P. The highest BCUT2D eigenvalue weighted by Gasteiger charge is 2.24. The van der Waals surface area contributed by atoms with Crippen LogP contribution in [0.15, 0.2) is 54.6 Å². The molecule has 8 heteroatoms. The van der Waals surface area contributed by atoms with Crippen LogP contribution >= 0.6 is 7.52 Å². The molecule has 0 heterocycles. The highest BCUT2D eigenvalue weighted by molar-refractivity contribution is 7.55. The third-order valence-electron chi connectivity index (χ3n) is 3.73. The van der Waals surface area contributed by atoms with Crippen molar-refractivity contribution in [1.29, 1.82) is 0 Å². The molecule has 2 aromatic rings. The topological polar surface area (TPSA) is 116 Å². The number of hydrogen-bond acceptors (Lipinski definition) is 3. The van der Waals surface area contributed by atoms with Crippen molar-refractivity contribution in [3.05, 3.63) is 65.7 Å². The van der Waals surface area contributed by atoms with E-state index in [4.69, 9.17) is 5.11 Å². The predicted molar refractivity (Wildman–Crippen MR) is 99.5 cm³/mol. The first kappa shape index (κ1) is 19.8. The fourth-order valence-electron chi connectivity index (χ4n) is 2.30. The van der Waals surface area contributed by atoms with Crippen LogP contribution in [0.1, 0.15) is 22.8 Å². The number of anilines is 1. The molecule has 0 spiro atoms. The SMILES string of the molecule is C[C@H](NP(=O)(O)CCc1ccccc1)C(=O)Nc1ccc(C(=O)O)cc1. The van der Waals surface area contributed by atoms with Crippen LogP contribution in [0.25, 0.3) is 0 Å². The van der Waals surface area contributed by atoms with E-state index in [1.807, 2.05) is 30.3 Å². The van der Waals surface area contributed by atoms with E-state index in [0.29, 0.717) is 12.1 Å². The standard InChI is InChI=1S/C18H21N2O5P/c1-13(17(21)19-16-9-7-15(8-10-16)18(22)23)20-26(24,25)12-11-14-5-3-2-4-6-14/h2-10,13H,11-12H2,1H3,(H,19,21)(H,22,23)(H2,20,24,25)/t13-/m0/s1. The Morgan fingerprint density at radius 1 is 1.08 bits per heavy atom. The molecule has 0 aliphatic rings. The first-order valence-corrected chi connectivity index (χ1v) is 9.89. The van der Waals surface area contributed by atoms with Gasteiger partial charge in [0.25, 0.3) is 7.52 Å². The molecule has 2 rings (SSSR count). The fraction of sp³-hybridized carbons (Fsp3) is 0.222. The number of nitrogens with one attached hydrogen (secondary N) is 2. The Hall–Kier alpha value is -2.47. The van der Waals surface area contributed by atoms with Crippen LogP contribution in [0.4, 0.5) is 5.69 Å². The number of rotatable bonds is 8. The maximum atomic E-state index is 12.3. The van der Waals surface area contributed by atoms with Crippen LogP contribution < -0.4 is 10.4 Å². The maximum Gasteiger partial charge on any atom is 0.335 e. The third-order valence-corrected chi connectivity index (χ3v) is 5.35. The van der Waals surface area contributed by atoms with E-state index < -0.39 is 25.4 Å². The number of carboxylic acids is 1. The zero-order valence-electron chi connectivity index (χ0n) is 14.3. The van der Waals surface area contributed by atoms with Gasteiger partial charge in [-0.25, -0.2) is 9.88 Å². The molecule has 0 saturated heterocycles. The maximum absolute atomic E-state index is 12.3. The summed E-state index contributed by atoms with van der Waals surface area (Å²) in [6, 6.07) is 14.1. The lowest BCUT2D eigenvalue weighted by molar-refractivity contribution is -0.117. The first-order chi connectivity index (χ1) is 12.3. The smallest absolute Gasteiger partial charge is 0.335 e. The van der Waals surface area contributed by atoms with E-state index in [9.17, 15) is 19.0 Å². The number of benzene rings is 2. The van der Waals surface area contributed by atoms with Crippen molar-refractivity contribution >= 4 is 25.1 Å². The molecule has 0 aromatic heterocycles. The summed E-state index contributed by atoms with van der Waals surface area (Å²) in [6.45, 7) is 1.49. The van der Waals surface area contributed by atoms with Gasteiger partial charge in [0.15, 0.2) is 0 Å². The molecule has 138 valence electrons. The highest BCUT2D eigenvalue weighted by Crippen LogP contribution is 2.36. The van der Waals surface area contributed by atoms with Gasteiger partial charge in [-0.05, 0) is 43.2 Å². The van der Waals surface area contributed by atoms with Gasteiger partial charge in [-0.2, -0.15) is 0 Å². The Labute approximate surface area is 151 Å². The molecule has 0 fully saturated rings. The average molecular weight is 376 g/mol. The van der Waals surface area contributed by atoms with Crippen molar-refractivity contribution in [3.8, 4) is 0 Å². The molecule has 1 amide bonds. The molecule has 1 unspecified atom stereocenters. The number of aromatic carboxylic acids is 1. The zero-order chi connectivity index (χ0) is 19.2. The molecule has 0 aliphatic carbocycles. The molecule has 0 aliphatic heterocycles. The molecule has 0 saturated carbocycles. The van der Waals surface area contributed by atoms with E-state index in [0.717, 1.165) is 5.56 Å². The fourth-order valence-corrected chi connectivity index (χ4v) is 3.71. The van der Waals surface area contributed by atoms with Gasteiger partial charge in [-0.15, -0.1) is 0 Å². The second-order valence-corrected chi connectivity index (χ2v) is 7.99. The summed E-state index contributed by atoms with van der Waals surface area (Å²) in [5.74, 6) is -1.54. The molecule has 2 atom stereocenters. The Kier molecular flexibility index (Phi) is 6.69. The Balaban J connectivity index is 1.88. The van der Waals surface area contributed by atoms with Gasteiger partial charge in [-0.3, -0.25) is 9.36 Å². The van der Waals surface area contributed by atoms with Gasteiger partial charge in [0, 0.05) is 11.8 Å². The quantitative estimate of drug-likeness (QED) is 0.527. The van der Waals surface area contributed by atoms with Crippen molar-refractivity contribution in [3.63, 3.8) is 0 Å². The number of aryl methyl sites for hydroxylation is 1. The molecule has 0 radical (unpaired) electrons. The molecular weight excluding hydrogens is 355 g/mol. The van der Waals surface area contributed by atoms with Gasteiger partial charge >= 0.3 is 5.97 Å². The molecule has 2 aromatic carbocycles. The number of carbonyl (C=O) groups excluding carboxylic acids is 1. The second kappa shape index (κ2) is 8.76. The molecule has 0 bridgehead atoms. The summed E-state index contributed by atoms with van der Waals surface area (Å²) < 4.78 is 12.3. The summed E-state index contributed by atoms with van der Waals surface area (Å²) in [4.78, 5) is 33.0. The van der Waals surface area contributed by atoms with Gasteiger partial charge in [-0.1, -0.05) is 30.3 Å². The molecule has 7 nitrogen and oxygen atoms in total. The van der Waals surface area contributed by atoms with Crippen molar-refractivity contribution in [2.45, 2.75) is 19.4 Å². The Morgan fingerprint density at radius 3 is 2.27 bits per heavy atom. The van der Waals surface area contributed by atoms with E-state index in [-0.39, 0.29) is 11.7 Å².